The molecule has 3 heteroatoms. The zero-order chi connectivity index (χ0) is 16.8. The van der Waals surface area contributed by atoms with Crippen molar-refractivity contribution in [2.75, 3.05) is 7.11 Å². The third-order valence-corrected chi connectivity index (χ3v) is 4.89. The average Bonchev–Trinajstić information content (AvgIpc) is 2.67. The molecule has 2 aromatic rings. The van der Waals surface area contributed by atoms with Crippen molar-refractivity contribution in [3.8, 4) is 5.75 Å². The zero-order valence-corrected chi connectivity index (χ0v) is 14.1. The Kier molecular flexibility index (Phi) is 5.19. The third kappa shape index (κ3) is 3.16. The van der Waals surface area contributed by atoms with Gasteiger partial charge in [-0.05, 0) is 25.0 Å². The van der Waals surface area contributed by atoms with Crippen LogP contribution in [0.2, 0.25) is 0 Å². The second-order valence-electron chi connectivity index (χ2n) is 6.34. The molecule has 0 aromatic heterocycles. The molecule has 0 saturated heterocycles. The van der Waals surface area contributed by atoms with Gasteiger partial charge in [0.1, 0.15) is 5.75 Å². The van der Waals surface area contributed by atoms with E-state index in [9.17, 15) is 4.79 Å². The highest BCUT2D eigenvalue weighted by Gasteiger charge is 2.51. The van der Waals surface area contributed by atoms with Crippen LogP contribution in [0.25, 0.3) is 0 Å². The molecule has 126 valence electrons. The first-order chi connectivity index (χ1) is 11.8. The Hall–Kier alpha value is -2.29. The molecule has 1 fully saturated rings. The molecular weight excluding hydrogens is 300 g/mol. The van der Waals surface area contributed by atoms with E-state index in [4.69, 9.17) is 9.47 Å². The highest BCUT2D eigenvalue weighted by Crippen LogP contribution is 2.43. The smallest absolute Gasteiger partial charge is 0.355 e. The van der Waals surface area contributed by atoms with Crippen molar-refractivity contribution in [2.45, 2.75) is 37.7 Å². The summed E-state index contributed by atoms with van der Waals surface area (Å²) in [5, 5.41) is 0. The van der Waals surface area contributed by atoms with Crippen LogP contribution in [0, 0.1) is 5.92 Å². The molecule has 0 heterocycles. The van der Waals surface area contributed by atoms with Gasteiger partial charge in [-0.25, -0.2) is 4.79 Å². The molecule has 24 heavy (non-hydrogen) atoms. The number of hydrogen-bond donors (Lipinski definition) is 0. The van der Waals surface area contributed by atoms with Crippen LogP contribution < -0.4 is 4.74 Å². The Labute approximate surface area is 143 Å². The normalized spacial score (nSPS) is 17.7. The summed E-state index contributed by atoms with van der Waals surface area (Å²) in [7, 11) is 1.44. The Morgan fingerprint density at radius 3 is 2.08 bits per heavy atom. The topological polar surface area (TPSA) is 35.5 Å². The fourth-order valence-corrected chi connectivity index (χ4v) is 3.73. The number of carbonyl (C=O) groups is 1. The van der Waals surface area contributed by atoms with Gasteiger partial charge in [-0.15, -0.1) is 0 Å². The van der Waals surface area contributed by atoms with Gasteiger partial charge in [0.25, 0.3) is 0 Å². The van der Waals surface area contributed by atoms with Crippen molar-refractivity contribution in [3.05, 3.63) is 66.2 Å². The summed E-state index contributed by atoms with van der Waals surface area (Å²) in [6.07, 6.45) is 5.39. The van der Waals surface area contributed by atoms with Crippen LogP contribution in [0.3, 0.4) is 0 Å². The van der Waals surface area contributed by atoms with Gasteiger partial charge in [-0.3, -0.25) is 0 Å². The molecule has 1 saturated carbocycles. The molecule has 1 aliphatic rings. The standard InChI is InChI=1S/C21H24O3/c1-23-20(22)21(17-11-5-2-6-12-17,18-13-7-3-8-14-18)24-19-15-9-4-10-16-19/h2,4-6,9-12,15-16,18H,3,7-8,13-14H2,1H3. The number of methoxy groups -OCH3 is 1. The maximum Gasteiger partial charge on any atom is 0.355 e. The van der Waals surface area contributed by atoms with Gasteiger partial charge in [0.05, 0.1) is 7.11 Å². The summed E-state index contributed by atoms with van der Waals surface area (Å²) in [6, 6.07) is 19.3. The number of ether oxygens (including phenoxy) is 2. The van der Waals surface area contributed by atoms with Crippen molar-refractivity contribution in [3.63, 3.8) is 0 Å². The van der Waals surface area contributed by atoms with Crippen LogP contribution in [0.15, 0.2) is 60.7 Å². The number of carbonyl (C=O) groups excluding carboxylic acids is 1. The van der Waals surface area contributed by atoms with E-state index in [0.717, 1.165) is 31.2 Å². The lowest BCUT2D eigenvalue weighted by Gasteiger charge is -2.40. The Morgan fingerprint density at radius 1 is 0.917 bits per heavy atom. The molecular formula is C21H24O3. The molecule has 0 aliphatic heterocycles. The number of rotatable bonds is 5. The highest BCUT2D eigenvalue weighted by atomic mass is 16.6. The van der Waals surface area contributed by atoms with Crippen LogP contribution in [-0.4, -0.2) is 13.1 Å². The average molecular weight is 324 g/mol. The van der Waals surface area contributed by atoms with E-state index >= 15 is 0 Å². The number of hydrogen-bond acceptors (Lipinski definition) is 3. The van der Waals surface area contributed by atoms with Gasteiger partial charge < -0.3 is 9.47 Å². The van der Waals surface area contributed by atoms with Gasteiger partial charge in [0, 0.05) is 11.5 Å². The SMILES string of the molecule is COC(=O)C(Oc1ccccc1)(c1ccccc1)C1CCCCC1. The molecule has 1 aliphatic carbocycles. The Morgan fingerprint density at radius 2 is 1.50 bits per heavy atom. The molecule has 1 atom stereocenters. The lowest BCUT2D eigenvalue weighted by molar-refractivity contribution is -0.168. The summed E-state index contributed by atoms with van der Waals surface area (Å²) in [5.41, 5.74) is -0.217. The Bertz CT molecular complexity index is 647. The monoisotopic (exact) mass is 324 g/mol. The molecule has 0 radical (unpaired) electrons. The van der Waals surface area contributed by atoms with E-state index in [1.165, 1.54) is 13.5 Å². The van der Waals surface area contributed by atoms with E-state index < -0.39 is 5.60 Å². The molecule has 0 bridgehead atoms. The van der Waals surface area contributed by atoms with E-state index in [0.29, 0.717) is 5.75 Å². The first-order valence-electron chi connectivity index (χ1n) is 8.65. The van der Waals surface area contributed by atoms with E-state index in [2.05, 4.69) is 0 Å². The molecule has 3 rings (SSSR count). The van der Waals surface area contributed by atoms with Crippen LogP contribution in [-0.2, 0) is 15.1 Å². The molecule has 2 aromatic carbocycles. The minimum Gasteiger partial charge on any atom is -0.470 e. The number of esters is 1. The van der Waals surface area contributed by atoms with Gasteiger partial charge >= 0.3 is 5.97 Å². The van der Waals surface area contributed by atoms with Crippen LogP contribution in [0.4, 0.5) is 0 Å². The second-order valence-corrected chi connectivity index (χ2v) is 6.34. The predicted octanol–water partition coefficient (Wildman–Crippen LogP) is 4.71. The lowest BCUT2D eigenvalue weighted by atomic mass is 9.73. The summed E-state index contributed by atoms with van der Waals surface area (Å²) in [5.74, 6) is 0.489. The van der Waals surface area contributed by atoms with Crippen LogP contribution >= 0.6 is 0 Å². The molecule has 3 nitrogen and oxygen atoms in total. The Balaban J connectivity index is 2.10. The van der Waals surface area contributed by atoms with Gasteiger partial charge in [-0.2, -0.15) is 0 Å². The first kappa shape index (κ1) is 16.6. The van der Waals surface area contributed by atoms with Crippen molar-refractivity contribution >= 4 is 5.97 Å². The van der Waals surface area contributed by atoms with E-state index in [1.807, 2.05) is 60.7 Å². The van der Waals surface area contributed by atoms with Gasteiger partial charge in [-0.1, -0.05) is 67.8 Å². The molecule has 1 unspecified atom stereocenters. The first-order valence-corrected chi connectivity index (χ1v) is 8.65. The van der Waals surface area contributed by atoms with Crippen molar-refractivity contribution in [2.24, 2.45) is 5.92 Å². The molecule has 0 N–H and O–H groups in total. The minimum absolute atomic E-state index is 0.112. The largest absolute Gasteiger partial charge is 0.470 e. The predicted molar refractivity (Wildman–Crippen MR) is 93.8 cm³/mol. The second kappa shape index (κ2) is 7.52. The van der Waals surface area contributed by atoms with Crippen LogP contribution in [0.1, 0.15) is 37.7 Å². The van der Waals surface area contributed by atoms with Crippen molar-refractivity contribution in [1.29, 1.82) is 0 Å². The van der Waals surface area contributed by atoms with Gasteiger partial charge in [0.15, 0.2) is 0 Å². The van der Waals surface area contributed by atoms with Crippen molar-refractivity contribution < 1.29 is 14.3 Å². The fourth-order valence-electron chi connectivity index (χ4n) is 3.73. The molecule has 0 amide bonds. The number of para-hydroxylation sites is 1. The quantitative estimate of drug-likeness (QED) is 0.747. The summed E-state index contributed by atoms with van der Waals surface area (Å²) in [4.78, 5) is 13.0. The molecule has 0 spiro atoms. The third-order valence-electron chi connectivity index (χ3n) is 4.89. The van der Waals surface area contributed by atoms with Crippen molar-refractivity contribution in [1.82, 2.24) is 0 Å². The summed E-state index contributed by atoms with van der Waals surface area (Å²) < 4.78 is 11.6. The van der Waals surface area contributed by atoms with Gasteiger partial charge in [0.2, 0.25) is 5.60 Å². The lowest BCUT2D eigenvalue weighted by Crippen LogP contribution is -2.49. The highest BCUT2D eigenvalue weighted by molar-refractivity contribution is 5.82. The van der Waals surface area contributed by atoms with E-state index in [-0.39, 0.29) is 11.9 Å². The van der Waals surface area contributed by atoms with Crippen LogP contribution in [0.5, 0.6) is 5.75 Å². The maximum atomic E-state index is 13.0. The fraction of sp³-hybridized carbons (Fsp3) is 0.381. The minimum atomic E-state index is -1.09. The number of benzene rings is 2. The summed E-state index contributed by atoms with van der Waals surface area (Å²) in [6.45, 7) is 0. The van der Waals surface area contributed by atoms with E-state index in [1.54, 1.807) is 0 Å². The summed E-state index contributed by atoms with van der Waals surface area (Å²) >= 11 is 0. The maximum absolute atomic E-state index is 13.0. The zero-order valence-electron chi connectivity index (χ0n) is 14.1.